The van der Waals surface area contributed by atoms with Crippen LogP contribution in [0.5, 0.6) is 0 Å². The van der Waals surface area contributed by atoms with Crippen LogP contribution in [0.2, 0.25) is 0 Å². The minimum Gasteiger partial charge on any atom is -0.467 e. The van der Waals surface area contributed by atoms with Crippen molar-refractivity contribution in [2.45, 2.75) is 25.5 Å². The second-order valence-electron chi connectivity index (χ2n) is 5.23. The fourth-order valence-electron chi connectivity index (χ4n) is 2.35. The molecule has 1 aromatic rings. The molecule has 23 heavy (non-hydrogen) atoms. The van der Waals surface area contributed by atoms with Gasteiger partial charge in [0.05, 0.1) is 13.7 Å². The molecule has 0 saturated carbocycles. The molecule has 1 aromatic carbocycles. The normalized spacial score (nSPS) is 15.2. The van der Waals surface area contributed by atoms with Gasteiger partial charge in [-0.25, -0.2) is 9.59 Å². The number of hydrogen-bond donors (Lipinski definition) is 1. The summed E-state index contributed by atoms with van der Waals surface area (Å²) in [5.74, 6) is -0.639. The van der Waals surface area contributed by atoms with Crippen LogP contribution >= 0.6 is 0 Å². The molecule has 2 amide bonds. The largest absolute Gasteiger partial charge is 0.467 e. The van der Waals surface area contributed by atoms with Gasteiger partial charge < -0.3 is 19.7 Å². The zero-order valence-corrected chi connectivity index (χ0v) is 13.0. The summed E-state index contributed by atoms with van der Waals surface area (Å²) >= 11 is 0. The molecule has 0 aliphatic carbocycles. The van der Waals surface area contributed by atoms with Crippen molar-refractivity contribution in [2.75, 3.05) is 20.2 Å². The van der Waals surface area contributed by atoms with Crippen LogP contribution in [-0.4, -0.2) is 49.1 Å². The van der Waals surface area contributed by atoms with Crippen molar-refractivity contribution in [3.05, 3.63) is 35.9 Å². The Morgan fingerprint density at radius 3 is 2.65 bits per heavy atom. The van der Waals surface area contributed by atoms with Crippen LogP contribution in [0, 0.1) is 0 Å². The Morgan fingerprint density at radius 1 is 1.30 bits per heavy atom. The number of esters is 1. The summed E-state index contributed by atoms with van der Waals surface area (Å²) in [6, 6.07) is 8.26. The van der Waals surface area contributed by atoms with Crippen LogP contribution in [0.4, 0.5) is 4.79 Å². The van der Waals surface area contributed by atoms with E-state index in [9.17, 15) is 14.4 Å². The molecule has 1 aliphatic rings. The molecule has 1 fully saturated rings. The maximum atomic E-state index is 11.9. The fraction of sp³-hybridized carbons (Fsp3) is 0.438. The number of benzene rings is 1. The lowest BCUT2D eigenvalue weighted by molar-refractivity contribution is -0.144. The Morgan fingerprint density at radius 2 is 2.04 bits per heavy atom. The molecular weight excluding hydrogens is 300 g/mol. The Balaban J connectivity index is 1.87. The molecule has 1 atom stereocenters. The summed E-state index contributed by atoms with van der Waals surface area (Å²) in [5.41, 5.74) is 0.840. The van der Waals surface area contributed by atoms with E-state index in [2.05, 4.69) is 10.1 Å². The average molecular weight is 320 g/mol. The van der Waals surface area contributed by atoms with Crippen molar-refractivity contribution in [1.29, 1.82) is 0 Å². The second kappa shape index (κ2) is 8.17. The molecule has 124 valence electrons. The third kappa shape index (κ3) is 4.98. The van der Waals surface area contributed by atoms with E-state index in [1.165, 1.54) is 7.11 Å². The van der Waals surface area contributed by atoms with Gasteiger partial charge in [0.15, 0.2) is 0 Å². The van der Waals surface area contributed by atoms with E-state index in [1.54, 1.807) is 4.90 Å². The smallest absolute Gasteiger partial charge is 0.408 e. The first-order valence-electron chi connectivity index (χ1n) is 7.43. The summed E-state index contributed by atoms with van der Waals surface area (Å²) in [6.07, 6.45) is 0.494. The number of carbonyl (C=O) groups excluding carboxylic acids is 3. The van der Waals surface area contributed by atoms with E-state index in [4.69, 9.17) is 4.74 Å². The molecule has 1 heterocycles. The van der Waals surface area contributed by atoms with Gasteiger partial charge in [-0.2, -0.15) is 0 Å². The molecule has 0 aromatic heterocycles. The number of amides is 2. The molecule has 0 bridgehead atoms. The van der Waals surface area contributed by atoms with E-state index in [0.717, 1.165) is 12.0 Å². The molecule has 0 spiro atoms. The van der Waals surface area contributed by atoms with Gasteiger partial charge in [0.1, 0.15) is 12.6 Å². The van der Waals surface area contributed by atoms with Gasteiger partial charge in [0.25, 0.3) is 0 Å². The maximum Gasteiger partial charge on any atom is 0.408 e. The summed E-state index contributed by atoms with van der Waals surface area (Å²) in [6.45, 7) is 0.766. The third-order valence-corrected chi connectivity index (χ3v) is 3.56. The third-order valence-electron chi connectivity index (χ3n) is 3.56. The van der Waals surface area contributed by atoms with Crippen LogP contribution in [0.3, 0.4) is 0 Å². The van der Waals surface area contributed by atoms with Crippen LogP contribution < -0.4 is 5.32 Å². The first-order valence-corrected chi connectivity index (χ1v) is 7.43. The first kappa shape index (κ1) is 16.8. The number of alkyl carbamates (subject to hydrolysis) is 1. The van der Waals surface area contributed by atoms with Gasteiger partial charge in [-0.3, -0.25) is 4.79 Å². The maximum absolute atomic E-state index is 11.9. The van der Waals surface area contributed by atoms with Crippen LogP contribution in [0.1, 0.15) is 18.4 Å². The second-order valence-corrected chi connectivity index (χ2v) is 5.23. The minimum absolute atomic E-state index is 0.0293. The molecule has 7 nitrogen and oxygen atoms in total. The zero-order valence-electron chi connectivity index (χ0n) is 13.0. The Labute approximate surface area is 134 Å². The number of ether oxygens (including phenoxy) is 2. The van der Waals surface area contributed by atoms with Gasteiger partial charge >= 0.3 is 12.1 Å². The van der Waals surface area contributed by atoms with Crippen molar-refractivity contribution in [1.82, 2.24) is 10.2 Å². The summed E-state index contributed by atoms with van der Waals surface area (Å²) in [4.78, 5) is 36.8. The predicted octanol–water partition coefficient (Wildman–Crippen LogP) is 1.08. The molecular formula is C16H20N2O5. The first-order chi connectivity index (χ1) is 11.1. The fourth-order valence-corrected chi connectivity index (χ4v) is 2.35. The van der Waals surface area contributed by atoms with Crippen LogP contribution in [0.15, 0.2) is 30.3 Å². The van der Waals surface area contributed by atoms with Gasteiger partial charge in [0, 0.05) is 13.0 Å². The van der Waals surface area contributed by atoms with E-state index in [-0.39, 0.29) is 19.1 Å². The molecule has 1 aliphatic heterocycles. The molecule has 2 rings (SSSR count). The van der Waals surface area contributed by atoms with Crippen molar-refractivity contribution in [2.24, 2.45) is 0 Å². The molecule has 1 N–H and O–H groups in total. The average Bonchev–Trinajstić information content (AvgIpc) is 2.97. The number of likely N-dealkylation sites (tertiary alicyclic amines) is 1. The highest BCUT2D eigenvalue weighted by Crippen LogP contribution is 2.10. The number of carbonyl (C=O) groups is 3. The Bertz CT molecular complexity index is 561. The number of hydrogen-bond acceptors (Lipinski definition) is 5. The number of methoxy groups -OCH3 is 1. The van der Waals surface area contributed by atoms with Gasteiger partial charge in [-0.1, -0.05) is 30.3 Å². The summed E-state index contributed by atoms with van der Waals surface area (Å²) in [7, 11) is 1.23. The quantitative estimate of drug-likeness (QED) is 0.793. The zero-order chi connectivity index (χ0) is 16.7. The van der Waals surface area contributed by atoms with Crippen molar-refractivity contribution < 1.29 is 23.9 Å². The Hall–Kier alpha value is -2.57. The molecule has 7 heteroatoms. The minimum atomic E-state index is -0.940. The van der Waals surface area contributed by atoms with Crippen molar-refractivity contribution >= 4 is 18.0 Å². The predicted molar refractivity (Wildman–Crippen MR) is 81.4 cm³/mol. The monoisotopic (exact) mass is 320 g/mol. The van der Waals surface area contributed by atoms with Crippen LogP contribution in [0.25, 0.3) is 0 Å². The highest BCUT2D eigenvalue weighted by molar-refractivity contribution is 5.83. The van der Waals surface area contributed by atoms with Crippen LogP contribution in [-0.2, 0) is 25.7 Å². The number of rotatable bonds is 6. The number of nitrogens with zero attached hydrogens (tertiary/aromatic N) is 1. The standard InChI is InChI=1S/C16H20N2O5/c1-22-15(20)13(10-18-9-5-8-14(18)19)17-16(21)23-11-12-6-3-2-4-7-12/h2-4,6-7,13H,5,8-11H2,1H3,(H,17,21)/t13-/m0/s1. The van der Waals surface area contributed by atoms with Crippen molar-refractivity contribution in [3.63, 3.8) is 0 Å². The van der Waals surface area contributed by atoms with Gasteiger partial charge in [-0.15, -0.1) is 0 Å². The molecule has 1 saturated heterocycles. The molecule has 0 unspecified atom stereocenters. The molecule has 0 radical (unpaired) electrons. The van der Waals surface area contributed by atoms with Gasteiger partial charge in [-0.05, 0) is 12.0 Å². The highest BCUT2D eigenvalue weighted by atomic mass is 16.6. The lowest BCUT2D eigenvalue weighted by atomic mass is 10.2. The lowest BCUT2D eigenvalue weighted by Crippen LogP contribution is -2.49. The summed E-state index contributed by atoms with van der Waals surface area (Å²) in [5, 5.41) is 2.46. The summed E-state index contributed by atoms with van der Waals surface area (Å²) < 4.78 is 9.76. The van der Waals surface area contributed by atoms with E-state index in [1.807, 2.05) is 30.3 Å². The SMILES string of the molecule is COC(=O)[C@H](CN1CCCC1=O)NC(=O)OCc1ccccc1. The van der Waals surface area contributed by atoms with Crippen molar-refractivity contribution in [3.8, 4) is 0 Å². The van der Waals surface area contributed by atoms with E-state index in [0.29, 0.717) is 13.0 Å². The number of nitrogens with one attached hydrogen (secondary N) is 1. The van der Waals surface area contributed by atoms with Gasteiger partial charge in [0.2, 0.25) is 5.91 Å². The topological polar surface area (TPSA) is 84.9 Å². The Kier molecular flexibility index (Phi) is 5.96. The van der Waals surface area contributed by atoms with E-state index < -0.39 is 18.1 Å². The lowest BCUT2D eigenvalue weighted by Gasteiger charge is -2.22. The van der Waals surface area contributed by atoms with E-state index >= 15 is 0 Å². The highest BCUT2D eigenvalue weighted by Gasteiger charge is 2.29.